The molecular weight excluding hydrogens is 454 g/mol. The number of piperazine rings is 1. The molecule has 1 aromatic rings. The van der Waals surface area contributed by atoms with Gasteiger partial charge in [-0.15, -0.1) is 11.3 Å². The Bertz CT molecular complexity index is 1020. The highest BCUT2D eigenvalue weighted by Gasteiger charge is 2.45. The molecule has 0 aromatic carbocycles. The van der Waals surface area contributed by atoms with Crippen LogP contribution in [0.1, 0.15) is 17.8 Å². The van der Waals surface area contributed by atoms with Gasteiger partial charge in [-0.2, -0.15) is 8.42 Å². The summed E-state index contributed by atoms with van der Waals surface area (Å²) in [5, 5.41) is 6.34. The van der Waals surface area contributed by atoms with E-state index in [4.69, 9.17) is 4.55 Å². The van der Waals surface area contributed by atoms with Gasteiger partial charge in [-0.1, -0.05) is 6.07 Å². The van der Waals surface area contributed by atoms with Gasteiger partial charge < -0.3 is 15.5 Å². The van der Waals surface area contributed by atoms with E-state index in [1.165, 1.54) is 4.90 Å². The summed E-state index contributed by atoms with van der Waals surface area (Å²) < 4.78 is 31.1. The fraction of sp³-hybridized carbons (Fsp3) is 0.438. The van der Waals surface area contributed by atoms with Gasteiger partial charge >= 0.3 is 28.1 Å². The summed E-state index contributed by atoms with van der Waals surface area (Å²) in [4.78, 5) is 63.8. The maximum Gasteiger partial charge on any atom is 0.362 e. The monoisotopic (exact) mass is 473 g/mol. The fourth-order valence-corrected chi connectivity index (χ4v) is 4.52. The first-order valence-corrected chi connectivity index (χ1v) is 11.4. The third-order valence-corrected chi connectivity index (χ3v) is 6.60. The van der Waals surface area contributed by atoms with Crippen molar-refractivity contribution in [3.63, 3.8) is 0 Å². The Balaban J connectivity index is 1.70. The van der Waals surface area contributed by atoms with E-state index in [0.717, 1.165) is 11.3 Å². The summed E-state index contributed by atoms with van der Waals surface area (Å²) in [5.41, 5.74) is 0. The van der Waals surface area contributed by atoms with Crippen LogP contribution in [0.25, 0.3) is 0 Å². The van der Waals surface area contributed by atoms with Crippen LogP contribution < -0.4 is 10.6 Å². The second-order valence-corrected chi connectivity index (χ2v) is 8.96. The molecule has 168 valence electrons. The van der Waals surface area contributed by atoms with Crippen LogP contribution in [-0.2, 0) is 29.5 Å². The molecule has 6 amide bonds. The van der Waals surface area contributed by atoms with Gasteiger partial charge in [0.2, 0.25) is 5.91 Å². The number of hydrogen-bond donors (Lipinski definition) is 3. The predicted molar refractivity (Wildman–Crippen MR) is 105 cm³/mol. The van der Waals surface area contributed by atoms with Crippen molar-refractivity contribution >= 4 is 51.3 Å². The standard InChI is InChI=1S/C16H19N5O8S2/c1-2-19-5-6-20(15(25)14(19)24)16(26)18-11(10-4-3-7-30-10)12(22)17-9-8-21(13(9)23)31(27,28)29/h3-4,7,9,11H,2,5-6,8H2,1H3,(H,17,22)(H,18,26)(H,27,28,29). The van der Waals surface area contributed by atoms with Crippen LogP contribution in [0.2, 0.25) is 0 Å². The largest absolute Gasteiger partial charge is 0.362 e. The van der Waals surface area contributed by atoms with E-state index in [9.17, 15) is 32.4 Å². The molecule has 0 bridgehead atoms. The Labute approximate surface area is 180 Å². The number of carbonyl (C=O) groups is 5. The van der Waals surface area contributed by atoms with Crippen molar-refractivity contribution in [2.45, 2.75) is 19.0 Å². The van der Waals surface area contributed by atoms with E-state index in [1.54, 1.807) is 24.4 Å². The minimum absolute atomic E-state index is 0.0482. The van der Waals surface area contributed by atoms with E-state index in [1.807, 2.05) is 0 Å². The SMILES string of the molecule is CCN1CCN(C(=O)NC(C(=O)NC2CN(S(=O)(=O)O)C2=O)c2cccs2)C(=O)C1=O. The molecule has 0 saturated carbocycles. The Morgan fingerprint density at radius 3 is 2.52 bits per heavy atom. The van der Waals surface area contributed by atoms with Gasteiger partial charge in [0.15, 0.2) is 0 Å². The average molecular weight is 473 g/mol. The zero-order chi connectivity index (χ0) is 22.9. The van der Waals surface area contributed by atoms with E-state index < -0.39 is 58.6 Å². The maximum atomic E-state index is 12.7. The van der Waals surface area contributed by atoms with E-state index in [0.29, 0.717) is 16.3 Å². The number of thiophene rings is 1. The topological polar surface area (TPSA) is 173 Å². The molecule has 0 aliphatic carbocycles. The van der Waals surface area contributed by atoms with Crippen molar-refractivity contribution in [2.24, 2.45) is 0 Å². The Kier molecular flexibility index (Phi) is 6.28. The van der Waals surface area contributed by atoms with E-state index in [-0.39, 0.29) is 17.4 Å². The number of amides is 6. The predicted octanol–water partition coefficient (Wildman–Crippen LogP) is -1.68. The summed E-state index contributed by atoms with van der Waals surface area (Å²) in [6, 6.07) is -0.292. The number of β-lactam (4-membered cyclic amide) rings is 1. The molecule has 2 saturated heterocycles. The highest BCUT2D eigenvalue weighted by molar-refractivity contribution is 7.84. The second-order valence-electron chi connectivity index (χ2n) is 6.65. The molecule has 2 unspecified atom stereocenters. The first-order chi connectivity index (χ1) is 14.5. The number of likely N-dealkylation sites (N-methyl/N-ethyl adjacent to an activating group) is 1. The van der Waals surface area contributed by atoms with Gasteiger partial charge in [0.1, 0.15) is 12.1 Å². The van der Waals surface area contributed by atoms with Crippen molar-refractivity contribution in [1.82, 2.24) is 24.7 Å². The summed E-state index contributed by atoms with van der Waals surface area (Å²) in [5.74, 6) is -3.70. The zero-order valence-electron chi connectivity index (χ0n) is 16.2. The fourth-order valence-electron chi connectivity index (χ4n) is 3.06. The Hall–Kier alpha value is -3.04. The highest BCUT2D eigenvalue weighted by Crippen LogP contribution is 2.22. The van der Waals surface area contributed by atoms with E-state index >= 15 is 0 Å². The number of carbonyl (C=O) groups excluding carboxylic acids is 5. The molecule has 2 aliphatic heterocycles. The lowest BCUT2D eigenvalue weighted by atomic mass is 10.1. The Morgan fingerprint density at radius 2 is 1.97 bits per heavy atom. The van der Waals surface area contributed by atoms with Crippen LogP contribution in [0.5, 0.6) is 0 Å². The molecule has 2 atom stereocenters. The molecule has 2 fully saturated rings. The van der Waals surface area contributed by atoms with Crippen LogP contribution >= 0.6 is 11.3 Å². The third kappa shape index (κ3) is 4.52. The van der Waals surface area contributed by atoms with Crippen molar-refractivity contribution in [2.75, 3.05) is 26.2 Å². The molecule has 13 nitrogen and oxygen atoms in total. The number of nitrogens with zero attached hydrogens (tertiary/aromatic N) is 3. The van der Waals surface area contributed by atoms with Crippen LogP contribution in [0, 0.1) is 0 Å². The van der Waals surface area contributed by atoms with Gasteiger partial charge in [0.05, 0.1) is 6.54 Å². The minimum atomic E-state index is -4.71. The highest BCUT2D eigenvalue weighted by atomic mass is 32.2. The first kappa shape index (κ1) is 22.6. The van der Waals surface area contributed by atoms with Crippen molar-refractivity contribution in [1.29, 1.82) is 0 Å². The molecular formula is C16H19N5O8S2. The molecule has 31 heavy (non-hydrogen) atoms. The van der Waals surface area contributed by atoms with Crippen molar-refractivity contribution in [3.8, 4) is 0 Å². The molecule has 3 rings (SSSR count). The van der Waals surface area contributed by atoms with Gasteiger partial charge in [0.25, 0.3) is 5.91 Å². The zero-order valence-corrected chi connectivity index (χ0v) is 17.8. The van der Waals surface area contributed by atoms with Crippen LogP contribution in [0.4, 0.5) is 4.79 Å². The third-order valence-electron chi connectivity index (χ3n) is 4.78. The second kappa shape index (κ2) is 8.60. The molecule has 1 aromatic heterocycles. The molecule has 0 radical (unpaired) electrons. The van der Waals surface area contributed by atoms with Gasteiger partial charge in [-0.05, 0) is 18.4 Å². The lowest BCUT2D eigenvalue weighted by molar-refractivity contribution is -0.153. The number of rotatable bonds is 6. The molecule has 2 aliphatic rings. The molecule has 15 heteroatoms. The van der Waals surface area contributed by atoms with Gasteiger partial charge in [-0.25, -0.2) is 9.10 Å². The smallest absolute Gasteiger partial charge is 0.340 e. The maximum absolute atomic E-state index is 12.7. The first-order valence-electron chi connectivity index (χ1n) is 9.08. The van der Waals surface area contributed by atoms with Crippen LogP contribution in [0.15, 0.2) is 17.5 Å². The average Bonchev–Trinajstić information content (AvgIpc) is 3.23. The molecule has 3 N–H and O–H groups in total. The number of hydrogen-bond acceptors (Lipinski definition) is 8. The van der Waals surface area contributed by atoms with Crippen molar-refractivity contribution < 1.29 is 36.9 Å². The normalized spacial score (nSPS) is 20.4. The van der Waals surface area contributed by atoms with Crippen molar-refractivity contribution in [3.05, 3.63) is 22.4 Å². The van der Waals surface area contributed by atoms with Gasteiger partial charge in [-0.3, -0.25) is 28.6 Å². The molecule has 0 spiro atoms. The molecule has 3 heterocycles. The Morgan fingerprint density at radius 1 is 1.26 bits per heavy atom. The minimum Gasteiger partial charge on any atom is -0.340 e. The van der Waals surface area contributed by atoms with Crippen LogP contribution in [0.3, 0.4) is 0 Å². The summed E-state index contributed by atoms with van der Waals surface area (Å²) in [6.45, 7) is 1.67. The van der Waals surface area contributed by atoms with Crippen LogP contribution in [-0.4, -0.2) is 89.0 Å². The lowest BCUT2D eigenvalue weighted by Gasteiger charge is -2.36. The number of nitrogens with one attached hydrogen (secondary N) is 2. The summed E-state index contributed by atoms with van der Waals surface area (Å²) >= 11 is 1.13. The summed E-state index contributed by atoms with van der Waals surface area (Å²) in [7, 11) is -4.71. The summed E-state index contributed by atoms with van der Waals surface area (Å²) in [6.07, 6.45) is 0. The number of imide groups is 1. The number of urea groups is 1. The van der Waals surface area contributed by atoms with E-state index in [2.05, 4.69) is 10.6 Å². The quantitative estimate of drug-likeness (QED) is 0.249. The lowest BCUT2D eigenvalue weighted by Crippen LogP contribution is -2.66. The van der Waals surface area contributed by atoms with Gasteiger partial charge in [0, 0.05) is 24.5 Å².